The van der Waals surface area contributed by atoms with Crippen LogP contribution in [0.1, 0.15) is 12.5 Å². The normalized spacial score (nSPS) is 10.2. The minimum atomic E-state index is -0.643. The number of benzene rings is 2. The Morgan fingerprint density at radius 2 is 1.89 bits per heavy atom. The molecule has 0 spiro atoms. The second kappa shape index (κ2) is 8.06. The lowest BCUT2D eigenvalue weighted by molar-refractivity contribution is -0.136. The smallest absolute Gasteiger partial charge is 0.349 e. The van der Waals surface area contributed by atoms with Gasteiger partial charge in [-0.15, -0.1) is 0 Å². The van der Waals surface area contributed by atoms with Gasteiger partial charge in [0.15, 0.2) is 18.1 Å². The SMILES string of the molecule is CCOc1cc(C#N)ccc1OC(=O)COc1ccc2ccc(=O)oc2c1. The molecule has 3 rings (SSSR count). The molecule has 0 unspecified atom stereocenters. The van der Waals surface area contributed by atoms with Crippen LogP contribution in [0.5, 0.6) is 17.2 Å². The molecular formula is C20H15NO6. The Hall–Kier alpha value is -3.79. The van der Waals surface area contributed by atoms with Crippen LogP contribution in [0.25, 0.3) is 11.0 Å². The van der Waals surface area contributed by atoms with E-state index in [0.717, 1.165) is 5.39 Å². The first-order chi connectivity index (χ1) is 13.1. The first-order valence-corrected chi connectivity index (χ1v) is 8.13. The Balaban J connectivity index is 1.68. The van der Waals surface area contributed by atoms with Gasteiger partial charge in [-0.3, -0.25) is 0 Å². The molecule has 7 heteroatoms. The van der Waals surface area contributed by atoms with Gasteiger partial charge < -0.3 is 18.6 Å². The van der Waals surface area contributed by atoms with Gasteiger partial charge in [0.1, 0.15) is 11.3 Å². The molecule has 0 amide bonds. The maximum atomic E-state index is 12.1. The molecular weight excluding hydrogens is 350 g/mol. The van der Waals surface area contributed by atoms with Gasteiger partial charge in [0.25, 0.3) is 0 Å². The Morgan fingerprint density at radius 1 is 1.07 bits per heavy atom. The largest absolute Gasteiger partial charge is 0.490 e. The van der Waals surface area contributed by atoms with E-state index < -0.39 is 11.6 Å². The van der Waals surface area contributed by atoms with Gasteiger partial charge in [-0.2, -0.15) is 5.26 Å². The van der Waals surface area contributed by atoms with Crippen molar-refractivity contribution in [2.45, 2.75) is 6.92 Å². The highest BCUT2D eigenvalue weighted by Crippen LogP contribution is 2.28. The van der Waals surface area contributed by atoms with Gasteiger partial charge in [0.2, 0.25) is 0 Å². The highest BCUT2D eigenvalue weighted by molar-refractivity contribution is 5.78. The number of fused-ring (bicyclic) bond motifs is 1. The first kappa shape index (κ1) is 18.0. The summed E-state index contributed by atoms with van der Waals surface area (Å²) in [5, 5.41) is 9.68. The summed E-state index contributed by atoms with van der Waals surface area (Å²) >= 11 is 0. The van der Waals surface area contributed by atoms with Crippen LogP contribution in [0.15, 0.2) is 57.7 Å². The van der Waals surface area contributed by atoms with Crippen LogP contribution in [0.2, 0.25) is 0 Å². The Kier molecular flexibility index (Phi) is 5.38. The number of hydrogen-bond donors (Lipinski definition) is 0. The molecule has 0 N–H and O–H groups in total. The van der Waals surface area contributed by atoms with E-state index in [1.165, 1.54) is 30.3 Å². The van der Waals surface area contributed by atoms with E-state index in [1.54, 1.807) is 25.1 Å². The third-order valence-corrected chi connectivity index (χ3v) is 3.55. The topological polar surface area (TPSA) is 98.8 Å². The minimum Gasteiger partial charge on any atom is -0.490 e. The molecule has 0 atom stereocenters. The summed E-state index contributed by atoms with van der Waals surface area (Å²) in [5.74, 6) is 0.222. The fraction of sp³-hybridized carbons (Fsp3) is 0.150. The number of hydrogen-bond acceptors (Lipinski definition) is 7. The average molecular weight is 365 g/mol. The predicted octanol–water partition coefficient (Wildman–Crippen LogP) is 3.05. The average Bonchev–Trinajstić information content (AvgIpc) is 2.67. The molecule has 0 aliphatic carbocycles. The Labute approximate surface area is 154 Å². The van der Waals surface area contributed by atoms with Crippen molar-refractivity contribution in [1.29, 1.82) is 5.26 Å². The summed E-state index contributed by atoms with van der Waals surface area (Å²) in [6.07, 6.45) is 0. The fourth-order valence-electron chi connectivity index (χ4n) is 2.36. The molecule has 27 heavy (non-hydrogen) atoms. The molecule has 0 aliphatic rings. The van der Waals surface area contributed by atoms with Crippen LogP contribution in [0, 0.1) is 11.3 Å². The molecule has 136 valence electrons. The van der Waals surface area contributed by atoms with Crippen LogP contribution in [0.4, 0.5) is 0 Å². The molecule has 0 radical (unpaired) electrons. The number of nitriles is 1. The highest BCUT2D eigenvalue weighted by atomic mass is 16.6. The standard InChI is InChI=1S/C20H15NO6/c1-2-24-18-9-13(11-21)3-7-16(18)26-20(23)12-25-15-6-4-14-5-8-19(22)27-17(14)10-15/h3-10H,2,12H2,1H3. The van der Waals surface area contributed by atoms with E-state index in [9.17, 15) is 9.59 Å². The summed E-state index contributed by atoms with van der Waals surface area (Å²) < 4.78 is 21.1. The van der Waals surface area contributed by atoms with Crippen molar-refractivity contribution in [3.05, 3.63) is 64.5 Å². The Morgan fingerprint density at radius 3 is 2.67 bits per heavy atom. The molecule has 7 nitrogen and oxygen atoms in total. The summed E-state index contributed by atoms with van der Waals surface area (Å²) in [4.78, 5) is 23.4. The molecule has 0 saturated carbocycles. The molecule has 0 fully saturated rings. The van der Waals surface area contributed by atoms with Gasteiger partial charge >= 0.3 is 11.6 Å². The molecule has 0 saturated heterocycles. The zero-order valence-corrected chi connectivity index (χ0v) is 14.4. The third-order valence-electron chi connectivity index (χ3n) is 3.55. The van der Waals surface area contributed by atoms with Crippen LogP contribution in [0.3, 0.4) is 0 Å². The van der Waals surface area contributed by atoms with Crippen LogP contribution in [-0.2, 0) is 4.79 Å². The molecule has 0 aliphatic heterocycles. The molecule has 1 heterocycles. The van der Waals surface area contributed by atoms with Crippen LogP contribution < -0.4 is 19.8 Å². The zero-order valence-electron chi connectivity index (χ0n) is 14.4. The van der Waals surface area contributed by atoms with E-state index in [1.807, 2.05) is 6.07 Å². The van der Waals surface area contributed by atoms with E-state index in [2.05, 4.69) is 0 Å². The highest BCUT2D eigenvalue weighted by Gasteiger charge is 2.12. The fourth-order valence-corrected chi connectivity index (χ4v) is 2.36. The summed E-state index contributed by atoms with van der Waals surface area (Å²) in [7, 11) is 0. The number of rotatable bonds is 6. The predicted molar refractivity (Wildman–Crippen MR) is 95.9 cm³/mol. The maximum Gasteiger partial charge on any atom is 0.349 e. The third kappa shape index (κ3) is 4.44. The lowest BCUT2D eigenvalue weighted by Gasteiger charge is -2.11. The van der Waals surface area contributed by atoms with Crippen molar-refractivity contribution in [2.75, 3.05) is 13.2 Å². The van der Waals surface area contributed by atoms with Gasteiger partial charge in [-0.1, -0.05) is 0 Å². The van der Waals surface area contributed by atoms with Crippen molar-refractivity contribution in [3.8, 4) is 23.3 Å². The van der Waals surface area contributed by atoms with Gasteiger partial charge in [-0.25, -0.2) is 9.59 Å². The van der Waals surface area contributed by atoms with Crippen molar-refractivity contribution in [3.63, 3.8) is 0 Å². The van der Waals surface area contributed by atoms with Crippen LogP contribution >= 0.6 is 0 Å². The maximum absolute atomic E-state index is 12.1. The van der Waals surface area contributed by atoms with Gasteiger partial charge in [-0.05, 0) is 37.3 Å². The number of nitrogens with zero attached hydrogens (tertiary/aromatic N) is 1. The number of ether oxygens (including phenoxy) is 3. The molecule has 1 aromatic heterocycles. The minimum absolute atomic E-state index is 0.203. The Bertz CT molecular complexity index is 1080. The van der Waals surface area contributed by atoms with E-state index in [-0.39, 0.29) is 12.4 Å². The van der Waals surface area contributed by atoms with Crippen LogP contribution in [-0.4, -0.2) is 19.2 Å². The van der Waals surface area contributed by atoms with Crippen molar-refractivity contribution in [2.24, 2.45) is 0 Å². The van der Waals surface area contributed by atoms with Gasteiger partial charge in [0.05, 0.1) is 18.2 Å². The van der Waals surface area contributed by atoms with Gasteiger partial charge in [0, 0.05) is 23.6 Å². The second-order valence-electron chi connectivity index (χ2n) is 5.42. The summed E-state index contributed by atoms with van der Waals surface area (Å²) in [6.45, 7) is 1.79. The molecule has 3 aromatic rings. The van der Waals surface area contributed by atoms with E-state index in [0.29, 0.717) is 29.3 Å². The number of carbonyl (C=O) groups is 1. The first-order valence-electron chi connectivity index (χ1n) is 8.13. The summed E-state index contributed by atoms with van der Waals surface area (Å²) in [6, 6.07) is 14.4. The summed E-state index contributed by atoms with van der Waals surface area (Å²) in [5.41, 5.74) is 0.287. The van der Waals surface area contributed by atoms with Crippen molar-refractivity contribution < 1.29 is 23.4 Å². The second-order valence-corrected chi connectivity index (χ2v) is 5.42. The van der Waals surface area contributed by atoms with Crippen molar-refractivity contribution >= 4 is 16.9 Å². The monoisotopic (exact) mass is 365 g/mol. The van der Waals surface area contributed by atoms with Crippen molar-refractivity contribution in [1.82, 2.24) is 0 Å². The lowest BCUT2D eigenvalue weighted by atomic mass is 10.2. The number of esters is 1. The lowest BCUT2D eigenvalue weighted by Crippen LogP contribution is -2.18. The number of carbonyl (C=O) groups excluding carboxylic acids is 1. The molecule has 0 bridgehead atoms. The zero-order chi connectivity index (χ0) is 19.2. The molecule has 2 aromatic carbocycles. The quantitative estimate of drug-likeness (QED) is 0.376. The van der Waals surface area contributed by atoms with E-state index >= 15 is 0 Å². The van der Waals surface area contributed by atoms with E-state index in [4.69, 9.17) is 23.9 Å².